The van der Waals surface area contributed by atoms with E-state index in [1.54, 1.807) is 36.4 Å². The molecule has 0 aliphatic heterocycles. The first-order valence-corrected chi connectivity index (χ1v) is 11.1. The number of aliphatic hydroxyl groups is 3. The van der Waals surface area contributed by atoms with Gasteiger partial charge in [0.1, 0.15) is 0 Å². The minimum atomic E-state index is 0. The van der Waals surface area contributed by atoms with Crippen molar-refractivity contribution >= 4 is 43.2 Å². The van der Waals surface area contributed by atoms with Gasteiger partial charge in [0.05, 0.1) is 52.2 Å². The molecule has 0 aliphatic carbocycles. The van der Waals surface area contributed by atoms with E-state index in [0.29, 0.717) is 16.7 Å². The second kappa shape index (κ2) is 18.4. The van der Waals surface area contributed by atoms with Gasteiger partial charge in [-0.3, -0.25) is 14.4 Å². The zero-order chi connectivity index (χ0) is 26.9. The van der Waals surface area contributed by atoms with Crippen molar-refractivity contribution in [2.45, 2.75) is 20.8 Å². The zero-order valence-corrected chi connectivity index (χ0v) is 24.4. The van der Waals surface area contributed by atoms with Crippen molar-refractivity contribution in [2.75, 3.05) is 0 Å². The van der Waals surface area contributed by atoms with Crippen molar-refractivity contribution in [3.05, 3.63) is 143 Å². The van der Waals surface area contributed by atoms with Crippen molar-refractivity contribution in [1.82, 2.24) is 0 Å². The van der Waals surface area contributed by atoms with Crippen molar-refractivity contribution in [1.29, 1.82) is 0 Å². The largest absolute Gasteiger partial charge is 3.00 e. The summed E-state index contributed by atoms with van der Waals surface area (Å²) >= 11 is 0. The van der Waals surface area contributed by atoms with Gasteiger partial charge in [0.25, 0.3) is 0 Å². The average Bonchev–Trinajstić information content (AvgIpc) is 2.85. The summed E-state index contributed by atoms with van der Waals surface area (Å²) < 4.78 is 0. The molecule has 37 heavy (non-hydrogen) atoms. The van der Waals surface area contributed by atoms with Crippen LogP contribution in [0.1, 0.15) is 37.5 Å². The summed E-state index contributed by atoms with van der Waals surface area (Å²) in [6.07, 6.45) is 3.94. The fraction of sp³-hybridized carbons (Fsp3) is 0.100. The number of hydrogen-bond donors (Lipinski definition) is 3. The quantitative estimate of drug-likeness (QED) is 0.144. The van der Waals surface area contributed by atoms with Crippen LogP contribution in [-0.4, -0.2) is 72.9 Å². The second-order valence-corrected chi connectivity index (χ2v) is 7.61. The van der Waals surface area contributed by atoms with Crippen LogP contribution in [0.5, 0.6) is 0 Å². The van der Waals surface area contributed by atoms with Gasteiger partial charge in [-0.25, -0.2) is 0 Å². The van der Waals surface area contributed by atoms with Crippen LogP contribution >= 0.6 is 0 Å². The van der Waals surface area contributed by atoms with Gasteiger partial charge in [0.15, 0.2) is 0 Å². The van der Waals surface area contributed by atoms with E-state index in [-0.39, 0.29) is 60.5 Å². The van der Waals surface area contributed by atoms with Crippen LogP contribution in [-0.2, 0) is 0 Å². The minimum Gasteiger partial charge on any atom is -0.512 e. The minimum absolute atomic E-state index is 0. The molecule has 0 saturated heterocycles. The molecule has 6 N–H and O–H groups in total. The molecule has 0 unspecified atom stereocenters. The van der Waals surface area contributed by atoms with Gasteiger partial charge in [-0.2, -0.15) is 0 Å². The van der Waals surface area contributed by atoms with E-state index in [0.717, 1.165) is 0 Å². The molecule has 0 bridgehead atoms. The Balaban J connectivity index is 0.000000518. The second-order valence-electron chi connectivity index (χ2n) is 7.61. The molecule has 0 aromatic heterocycles. The van der Waals surface area contributed by atoms with Crippen molar-refractivity contribution < 1.29 is 29.7 Å². The summed E-state index contributed by atoms with van der Waals surface area (Å²) in [7, 11) is 0. The fourth-order valence-electron chi connectivity index (χ4n) is 2.67. The monoisotopic (exact) mass is 604 g/mol. The van der Waals surface area contributed by atoms with Crippen molar-refractivity contribution in [2.24, 2.45) is 0 Å². The molecule has 7 heteroatoms. The van der Waals surface area contributed by atoms with Gasteiger partial charge in [0, 0.05) is 0 Å². The first kappa shape index (κ1) is 33.2. The molecule has 0 atom stereocenters. The standard InChI is InChI=1S/3C10H10O2.In/c3*1-8(11)7-10(12)9-5-3-2-4-6-9;/h3*2-7,11H,1H3;/q;;;+3/p+3/b3*8-7-;. The van der Waals surface area contributed by atoms with Crippen molar-refractivity contribution in [3.63, 3.8) is 0 Å². The maximum atomic E-state index is 9.37. The number of ketones is 3. The Morgan fingerprint density at radius 3 is 0.811 bits per heavy atom. The van der Waals surface area contributed by atoms with Gasteiger partial charge < -0.3 is 15.3 Å². The number of rotatable bonds is 6. The molecule has 3 aromatic rings. The van der Waals surface area contributed by atoms with E-state index in [2.05, 4.69) is 0 Å². The summed E-state index contributed by atoms with van der Waals surface area (Å²) in [4.78, 5) is 28.1. The van der Waals surface area contributed by atoms with Gasteiger partial charge in [-0.1, -0.05) is 54.6 Å². The Morgan fingerprint density at radius 2 is 0.649 bits per heavy atom. The van der Waals surface area contributed by atoms with Gasteiger partial charge >= 0.3 is 43.2 Å². The normalized spacial score (nSPS) is 10.9. The molecule has 0 spiro atoms. The van der Waals surface area contributed by atoms with E-state index < -0.39 is 0 Å². The Labute approximate surface area is 236 Å². The number of aliphatic hydroxyl groups excluding tert-OH is 3. The van der Waals surface area contributed by atoms with Crippen LogP contribution in [0.15, 0.2) is 127 Å². The number of carbonyl (C=O) groups excluding carboxylic acids is 3. The molecule has 0 heterocycles. The molecule has 0 saturated carbocycles. The average molecular weight is 604 g/mol. The summed E-state index contributed by atoms with van der Waals surface area (Å²) in [5.41, 5.74) is 2.10. The smallest absolute Gasteiger partial charge is 0.512 e. The molecule has 186 valence electrons. The zero-order valence-electron chi connectivity index (χ0n) is 21.2. The molecule has 0 amide bonds. The molecule has 6 nitrogen and oxygen atoms in total. The summed E-state index contributed by atoms with van der Waals surface area (Å²) in [5.74, 6) is 0.519. The van der Waals surface area contributed by atoms with Crippen LogP contribution < -0.4 is 0 Å². The van der Waals surface area contributed by atoms with Crippen LogP contribution in [0.2, 0.25) is 0 Å². The Kier molecular flexibility index (Phi) is 16.5. The summed E-state index contributed by atoms with van der Waals surface area (Å²) in [6.45, 7) is 4.54. The number of hydrogen-bond acceptors (Lipinski definition) is 3. The van der Waals surface area contributed by atoms with Gasteiger partial charge in [0.2, 0.25) is 0 Å². The fourth-order valence-corrected chi connectivity index (χ4v) is 2.67. The van der Waals surface area contributed by atoms with E-state index in [1.165, 1.54) is 39.0 Å². The third kappa shape index (κ3) is 15.0. The molecule has 0 aliphatic rings. The Hall–Kier alpha value is -3.84. The molecule has 0 radical (unpaired) electrons. The van der Waals surface area contributed by atoms with Crippen LogP contribution in [0, 0.1) is 0 Å². The first-order chi connectivity index (χ1) is 17.1. The third-order valence-electron chi connectivity index (χ3n) is 4.25. The molecular weight excluding hydrogens is 571 g/mol. The van der Waals surface area contributed by atoms with Crippen LogP contribution in [0.3, 0.4) is 0 Å². The van der Waals surface area contributed by atoms with Crippen molar-refractivity contribution in [3.8, 4) is 0 Å². The van der Waals surface area contributed by atoms with Crippen LogP contribution in [0.4, 0.5) is 0 Å². The first-order valence-electron chi connectivity index (χ1n) is 11.1. The number of allylic oxidation sites excluding steroid dienone is 6. The van der Waals surface area contributed by atoms with E-state index in [9.17, 15) is 14.4 Å². The Morgan fingerprint density at radius 1 is 0.459 bits per heavy atom. The predicted molar refractivity (Wildman–Crippen MR) is 152 cm³/mol. The molecular formula is C30H33InO6+6. The van der Waals surface area contributed by atoms with Crippen LogP contribution in [0.25, 0.3) is 0 Å². The van der Waals surface area contributed by atoms with Gasteiger partial charge in [-0.15, -0.1) is 0 Å². The Bertz CT molecular complexity index is 1050. The van der Waals surface area contributed by atoms with E-state index in [1.807, 2.05) is 54.6 Å². The predicted octanol–water partition coefficient (Wildman–Crippen LogP) is 5.74. The van der Waals surface area contributed by atoms with E-state index in [4.69, 9.17) is 15.3 Å². The molecule has 0 fully saturated rings. The summed E-state index contributed by atoms with van der Waals surface area (Å²) in [6, 6.07) is 27.2. The maximum Gasteiger partial charge on any atom is 3.00 e. The van der Waals surface area contributed by atoms with E-state index >= 15 is 0 Å². The molecule has 3 rings (SSSR count). The summed E-state index contributed by atoms with van der Waals surface area (Å²) in [5, 5.41) is 26.6. The SMILES string of the molecule is C/C(O)=C/C(=[OH+])c1ccccc1.C/C(O)=C/C(=[OH+])c1ccccc1.C/C(O)=C/C(=[OH+])c1ccccc1.[In+3]. The maximum absolute atomic E-state index is 9.37. The molecule has 3 aromatic carbocycles. The topological polar surface area (TPSA) is 125 Å². The number of benzene rings is 3. The van der Waals surface area contributed by atoms with Gasteiger partial charge in [-0.05, 0) is 57.2 Å². The third-order valence-corrected chi connectivity index (χ3v) is 4.25.